The highest BCUT2D eigenvalue weighted by molar-refractivity contribution is 6.29. The second-order valence-electron chi connectivity index (χ2n) is 3.96. The fraction of sp³-hybridized carbons (Fsp3) is 0.154. The highest BCUT2D eigenvalue weighted by atomic mass is 35.5. The fourth-order valence-corrected chi connectivity index (χ4v) is 1.93. The number of aromatic nitrogens is 1. The van der Waals surface area contributed by atoms with Crippen LogP contribution in [0.2, 0.25) is 5.15 Å². The number of methoxy groups -OCH3 is 1. The number of pyridine rings is 1. The Morgan fingerprint density at radius 1 is 1.32 bits per heavy atom. The molecule has 0 aliphatic heterocycles. The molecule has 0 bridgehead atoms. The van der Waals surface area contributed by atoms with Gasteiger partial charge in [0.05, 0.1) is 12.0 Å². The van der Waals surface area contributed by atoms with Crippen molar-refractivity contribution in [1.82, 2.24) is 4.98 Å². The van der Waals surface area contributed by atoms with E-state index in [1.165, 1.54) is 19.2 Å². The molecule has 0 unspecified atom stereocenters. The van der Waals surface area contributed by atoms with Gasteiger partial charge in [0.1, 0.15) is 10.9 Å². The van der Waals surface area contributed by atoms with Crippen molar-refractivity contribution in [3.8, 4) is 17.0 Å². The fourth-order valence-electron chi connectivity index (χ4n) is 1.78. The molecule has 1 aromatic heterocycles. The molecule has 2 aromatic rings. The Bertz CT molecular complexity index is 644. The lowest BCUT2D eigenvalue weighted by molar-refractivity contribution is -0.384. The molecule has 2 rings (SSSR count). The Kier molecular flexibility index (Phi) is 3.66. The summed E-state index contributed by atoms with van der Waals surface area (Å²) in [4.78, 5) is 14.6. The van der Waals surface area contributed by atoms with E-state index in [0.29, 0.717) is 11.3 Å². The number of ether oxygens (including phenoxy) is 1. The van der Waals surface area contributed by atoms with Gasteiger partial charge in [-0.2, -0.15) is 0 Å². The van der Waals surface area contributed by atoms with Crippen molar-refractivity contribution in [1.29, 1.82) is 0 Å². The van der Waals surface area contributed by atoms with Gasteiger partial charge >= 0.3 is 0 Å². The maximum atomic E-state index is 11.1. The normalized spacial score (nSPS) is 10.3. The van der Waals surface area contributed by atoms with E-state index in [1.807, 2.05) is 13.0 Å². The van der Waals surface area contributed by atoms with Gasteiger partial charge in [-0.25, -0.2) is 4.98 Å². The lowest BCUT2D eigenvalue weighted by Gasteiger charge is -2.09. The Hall–Kier alpha value is -2.14. The summed E-state index contributed by atoms with van der Waals surface area (Å²) in [6, 6.07) is 8.12. The van der Waals surface area contributed by atoms with Gasteiger partial charge in [0.2, 0.25) is 0 Å². The van der Waals surface area contributed by atoms with Crippen LogP contribution in [0, 0.1) is 17.0 Å². The minimum absolute atomic E-state index is 0.103. The molecule has 19 heavy (non-hydrogen) atoms. The Balaban J connectivity index is 2.73. The van der Waals surface area contributed by atoms with Crippen LogP contribution in [0.5, 0.6) is 5.75 Å². The van der Waals surface area contributed by atoms with Crippen molar-refractivity contribution in [2.24, 2.45) is 0 Å². The summed E-state index contributed by atoms with van der Waals surface area (Å²) in [7, 11) is 1.50. The average molecular weight is 279 g/mol. The maximum absolute atomic E-state index is 11.1. The second kappa shape index (κ2) is 5.24. The minimum atomic E-state index is -0.486. The van der Waals surface area contributed by atoms with E-state index >= 15 is 0 Å². The molecule has 1 heterocycles. The molecule has 0 atom stereocenters. The molecule has 0 aliphatic carbocycles. The summed E-state index contributed by atoms with van der Waals surface area (Å²) < 4.78 is 5.22. The zero-order valence-corrected chi connectivity index (χ0v) is 11.1. The van der Waals surface area contributed by atoms with Crippen molar-refractivity contribution in [3.05, 3.63) is 51.2 Å². The number of rotatable bonds is 3. The van der Waals surface area contributed by atoms with E-state index in [2.05, 4.69) is 4.98 Å². The van der Waals surface area contributed by atoms with Crippen LogP contribution in [-0.2, 0) is 0 Å². The van der Waals surface area contributed by atoms with Crippen molar-refractivity contribution in [3.63, 3.8) is 0 Å². The number of hydrogen-bond acceptors (Lipinski definition) is 4. The number of nitro groups is 1. The number of hydrogen-bond donors (Lipinski definition) is 0. The summed E-state index contributed by atoms with van der Waals surface area (Å²) in [5, 5.41) is 11.3. The molecule has 0 spiro atoms. The molecule has 0 fully saturated rings. The van der Waals surface area contributed by atoms with E-state index in [-0.39, 0.29) is 16.5 Å². The average Bonchev–Trinajstić information content (AvgIpc) is 2.38. The first kappa shape index (κ1) is 13.3. The molecular formula is C13H11ClN2O3. The first-order chi connectivity index (χ1) is 9.02. The van der Waals surface area contributed by atoms with Gasteiger partial charge in [-0.3, -0.25) is 10.1 Å². The number of aryl methyl sites for hydroxylation is 1. The molecule has 5 nitrogen and oxygen atoms in total. The molecule has 0 amide bonds. The van der Waals surface area contributed by atoms with Crippen molar-refractivity contribution in [2.45, 2.75) is 6.92 Å². The topological polar surface area (TPSA) is 65.3 Å². The van der Waals surface area contributed by atoms with Crippen LogP contribution in [0.25, 0.3) is 11.3 Å². The molecule has 0 saturated heterocycles. The van der Waals surface area contributed by atoms with Crippen LogP contribution < -0.4 is 4.74 Å². The van der Waals surface area contributed by atoms with E-state index in [0.717, 1.165) is 5.56 Å². The number of nitrogens with zero attached hydrogens (tertiary/aromatic N) is 2. The summed E-state index contributed by atoms with van der Waals surface area (Å²) in [6.45, 7) is 1.89. The third-order valence-corrected chi connectivity index (χ3v) is 2.86. The van der Waals surface area contributed by atoms with Gasteiger partial charge < -0.3 is 4.74 Å². The third kappa shape index (κ3) is 2.66. The van der Waals surface area contributed by atoms with Crippen LogP contribution in [0.3, 0.4) is 0 Å². The van der Waals surface area contributed by atoms with Crippen LogP contribution in [0.4, 0.5) is 5.69 Å². The van der Waals surface area contributed by atoms with Gasteiger partial charge in [-0.05, 0) is 25.1 Å². The van der Waals surface area contributed by atoms with Gasteiger partial charge in [0.25, 0.3) is 5.69 Å². The number of benzene rings is 1. The molecule has 0 N–H and O–H groups in total. The summed E-state index contributed by atoms with van der Waals surface area (Å²) in [6.07, 6.45) is 0. The highest BCUT2D eigenvalue weighted by Gasteiger charge is 2.20. The molecule has 0 aliphatic rings. The summed E-state index contributed by atoms with van der Waals surface area (Å²) in [5.74, 6) is 0.517. The quantitative estimate of drug-likeness (QED) is 0.488. The monoisotopic (exact) mass is 278 g/mol. The van der Waals surface area contributed by atoms with Gasteiger partial charge in [0.15, 0.2) is 5.69 Å². The van der Waals surface area contributed by atoms with E-state index < -0.39 is 4.92 Å². The maximum Gasteiger partial charge on any atom is 0.295 e. The Labute approximate surface area is 115 Å². The first-order valence-corrected chi connectivity index (χ1v) is 5.86. The Morgan fingerprint density at radius 3 is 2.68 bits per heavy atom. The van der Waals surface area contributed by atoms with Crippen molar-refractivity contribution in [2.75, 3.05) is 7.11 Å². The SMILES string of the molecule is COc1ccc(C)cc1-c1nc(Cl)ccc1[N+](=O)[O-]. The molecule has 1 aromatic carbocycles. The minimum Gasteiger partial charge on any atom is -0.496 e. The van der Waals surface area contributed by atoms with Crippen LogP contribution >= 0.6 is 11.6 Å². The Morgan fingerprint density at radius 2 is 2.05 bits per heavy atom. The predicted octanol–water partition coefficient (Wildman–Crippen LogP) is 3.63. The van der Waals surface area contributed by atoms with Crippen molar-refractivity contribution >= 4 is 17.3 Å². The van der Waals surface area contributed by atoms with E-state index in [1.54, 1.807) is 12.1 Å². The zero-order valence-electron chi connectivity index (χ0n) is 10.4. The van der Waals surface area contributed by atoms with E-state index in [4.69, 9.17) is 16.3 Å². The van der Waals surface area contributed by atoms with Gasteiger partial charge in [-0.1, -0.05) is 23.2 Å². The molecule has 0 radical (unpaired) electrons. The van der Waals surface area contributed by atoms with Crippen LogP contribution in [-0.4, -0.2) is 17.0 Å². The third-order valence-electron chi connectivity index (χ3n) is 2.65. The molecule has 98 valence electrons. The van der Waals surface area contributed by atoms with Crippen LogP contribution in [0.15, 0.2) is 30.3 Å². The highest BCUT2D eigenvalue weighted by Crippen LogP contribution is 2.36. The lowest BCUT2D eigenvalue weighted by Crippen LogP contribution is -1.97. The van der Waals surface area contributed by atoms with Gasteiger partial charge in [0, 0.05) is 11.6 Å². The summed E-state index contributed by atoms with van der Waals surface area (Å²) >= 11 is 5.83. The number of halogens is 1. The second-order valence-corrected chi connectivity index (χ2v) is 4.35. The molecule has 0 saturated carbocycles. The van der Waals surface area contributed by atoms with Crippen LogP contribution in [0.1, 0.15) is 5.56 Å². The lowest BCUT2D eigenvalue weighted by atomic mass is 10.1. The largest absolute Gasteiger partial charge is 0.496 e. The summed E-state index contributed by atoms with van der Waals surface area (Å²) in [5.41, 5.74) is 1.61. The van der Waals surface area contributed by atoms with E-state index in [9.17, 15) is 10.1 Å². The van der Waals surface area contributed by atoms with Gasteiger partial charge in [-0.15, -0.1) is 0 Å². The molecule has 6 heteroatoms. The van der Waals surface area contributed by atoms with Crippen molar-refractivity contribution < 1.29 is 9.66 Å². The predicted molar refractivity (Wildman–Crippen MR) is 72.6 cm³/mol. The first-order valence-electron chi connectivity index (χ1n) is 5.49. The zero-order chi connectivity index (χ0) is 14.0. The smallest absolute Gasteiger partial charge is 0.295 e. The molecular weight excluding hydrogens is 268 g/mol. The standard InChI is InChI=1S/C13H11ClN2O3/c1-8-3-5-11(19-2)9(7-8)13-10(16(17)18)4-6-12(14)15-13/h3-7H,1-2H3.